The summed E-state index contributed by atoms with van der Waals surface area (Å²) >= 11 is 0. The van der Waals surface area contributed by atoms with E-state index in [-0.39, 0.29) is 10.8 Å². The van der Waals surface area contributed by atoms with Crippen molar-refractivity contribution < 1.29 is 0 Å². The normalized spacial score (nSPS) is 12.4. The number of hydrogen-bond acceptors (Lipinski definition) is 1. The molecule has 0 saturated carbocycles. The third-order valence-electron chi connectivity index (χ3n) is 6.34. The van der Waals surface area contributed by atoms with Gasteiger partial charge in [-0.25, -0.2) is 4.98 Å². The summed E-state index contributed by atoms with van der Waals surface area (Å²) in [6, 6.07) is 17.7. The fourth-order valence-electron chi connectivity index (χ4n) is 4.57. The summed E-state index contributed by atoms with van der Waals surface area (Å²) in [7, 11) is 2.29. The van der Waals surface area contributed by atoms with Gasteiger partial charge in [0.1, 0.15) is 0 Å². The zero-order valence-electron chi connectivity index (χ0n) is 21.3. The van der Waals surface area contributed by atoms with Gasteiger partial charge >= 0.3 is 0 Å². The van der Waals surface area contributed by atoms with E-state index in [0.29, 0.717) is 5.92 Å². The highest BCUT2D eigenvalue weighted by Gasteiger charge is 2.29. The van der Waals surface area contributed by atoms with E-state index < -0.39 is 0 Å². The van der Waals surface area contributed by atoms with Crippen molar-refractivity contribution in [1.82, 2.24) is 9.97 Å². The van der Waals surface area contributed by atoms with Crippen LogP contribution in [0.2, 0.25) is 6.32 Å². The molecule has 0 aliphatic heterocycles. The Bertz CT molecular complexity index is 957. The van der Waals surface area contributed by atoms with Gasteiger partial charge < -0.3 is 4.98 Å². The molecule has 3 rings (SSSR count). The van der Waals surface area contributed by atoms with Crippen molar-refractivity contribution in [3.8, 4) is 0 Å². The van der Waals surface area contributed by atoms with E-state index in [1.165, 1.54) is 33.6 Å². The molecular formula is C29H40BN2. The molecule has 3 aromatic rings. The Balaban J connectivity index is 1.75. The molecule has 0 unspecified atom stereocenters. The van der Waals surface area contributed by atoms with Crippen LogP contribution in [-0.2, 0) is 10.8 Å². The fraction of sp³-hybridized carbons (Fsp3) is 0.483. The van der Waals surface area contributed by atoms with Crippen LogP contribution < -0.4 is 5.72 Å². The molecule has 2 nitrogen and oxygen atoms in total. The summed E-state index contributed by atoms with van der Waals surface area (Å²) in [5.74, 6) is 0.428. The molecule has 32 heavy (non-hydrogen) atoms. The van der Waals surface area contributed by atoms with Crippen LogP contribution in [0, 0.1) is 13.8 Å². The lowest BCUT2D eigenvalue weighted by molar-refractivity contribution is 0.512. The van der Waals surface area contributed by atoms with Gasteiger partial charge in [0.25, 0.3) is 0 Å². The Morgan fingerprint density at radius 3 is 1.78 bits per heavy atom. The maximum Gasteiger partial charge on any atom is 0.201 e. The number of nitrogens with zero attached hydrogens (tertiary/aromatic N) is 1. The van der Waals surface area contributed by atoms with Crippen LogP contribution in [-0.4, -0.2) is 17.2 Å². The Kier molecular flexibility index (Phi) is 7.37. The summed E-state index contributed by atoms with van der Waals surface area (Å²) < 4.78 is 0. The summed E-state index contributed by atoms with van der Waals surface area (Å²) in [6.07, 6.45) is 3.28. The van der Waals surface area contributed by atoms with Crippen molar-refractivity contribution in [1.29, 1.82) is 0 Å². The number of aromatic amines is 1. The Labute approximate surface area is 196 Å². The smallest absolute Gasteiger partial charge is 0.201 e. The predicted octanol–water partition coefficient (Wildman–Crippen LogP) is 6.98. The quantitative estimate of drug-likeness (QED) is 0.320. The minimum absolute atomic E-state index is 0.0337. The van der Waals surface area contributed by atoms with Gasteiger partial charge in [-0.3, -0.25) is 0 Å². The van der Waals surface area contributed by atoms with Crippen LogP contribution >= 0.6 is 0 Å². The van der Waals surface area contributed by atoms with Gasteiger partial charge in [0.2, 0.25) is 7.28 Å². The van der Waals surface area contributed by atoms with E-state index in [0.717, 1.165) is 24.9 Å². The van der Waals surface area contributed by atoms with Crippen molar-refractivity contribution in [3.05, 3.63) is 82.2 Å². The highest BCUT2D eigenvalue weighted by Crippen LogP contribution is 2.34. The number of imidazole rings is 1. The highest BCUT2D eigenvalue weighted by atomic mass is 14.9. The first-order valence-corrected chi connectivity index (χ1v) is 12.0. The van der Waals surface area contributed by atoms with Crippen LogP contribution in [0.1, 0.15) is 93.9 Å². The summed E-state index contributed by atoms with van der Waals surface area (Å²) in [5.41, 5.74) is 9.20. The minimum atomic E-state index is 0.0337. The molecule has 3 heteroatoms. The van der Waals surface area contributed by atoms with E-state index >= 15 is 0 Å². The van der Waals surface area contributed by atoms with Crippen LogP contribution in [0.4, 0.5) is 0 Å². The molecule has 0 fully saturated rings. The standard InChI is InChI=1S/C29H40BN2/c1-20-14-9-11-16-22(20)24(23-17-12-10-15-21(23)2)18-13-19-30-27-31-25(28(3,4)5)26(32-27)29(6,7)8/h9-12,14-17,24H,13,18-19H2,1-8H3,(H,31,32). The first-order valence-electron chi connectivity index (χ1n) is 12.0. The lowest BCUT2D eigenvalue weighted by atomic mass is 9.70. The van der Waals surface area contributed by atoms with Crippen LogP contribution in [0.5, 0.6) is 0 Å². The minimum Gasteiger partial charge on any atom is -0.354 e. The molecular weight excluding hydrogens is 387 g/mol. The number of H-pyrrole nitrogens is 1. The van der Waals surface area contributed by atoms with E-state index in [9.17, 15) is 0 Å². The Morgan fingerprint density at radius 1 is 0.812 bits per heavy atom. The molecule has 2 aromatic carbocycles. The van der Waals surface area contributed by atoms with Gasteiger partial charge in [-0.15, -0.1) is 0 Å². The largest absolute Gasteiger partial charge is 0.354 e. The van der Waals surface area contributed by atoms with Gasteiger partial charge in [-0.2, -0.15) is 0 Å². The first kappa shape index (κ1) is 24.4. The molecule has 0 atom stereocenters. The number of aromatic nitrogens is 2. The van der Waals surface area contributed by atoms with Crippen molar-refractivity contribution in [2.45, 2.75) is 91.3 Å². The third kappa shape index (κ3) is 5.74. The van der Waals surface area contributed by atoms with Crippen LogP contribution in [0.3, 0.4) is 0 Å². The molecule has 0 aliphatic rings. The molecule has 1 N–H and O–H groups in total. The van der Waals surface area contributed by atoms with Gasteiger partial charge in [0.15, 0.2) is 0 Å². The second kappa shape index (κ2) is 9.69. The highest BCUT2D eigenvalue weighted by molar-refractivity contribution is 6.51. The second-order valence-electron chi connectivity index (χ2n) is 11.2. The first-order chi connectivity index (χ1) is 15.0. The Hall–Kier alpha value is -2.29. The number of aryl methyl sites for hydroxylation is 2. The lowest BCUT2D eigenvalue weighted by Crippen LogP contribution is -2.21. The second-order valence-corrected chi connectivity index (χ2v) is 11.2. The number of benzene rings is 2. The average Bonchev–Trinajstić information content (AvgIpc) is 3.15. The molecule has 0 saturated heterocycles. The maximum absolute atomic E-state index is 5.00. The molecule has 0 bridgehead atoms. The number of rotatable bonds is 7. The van der Waals surface area contributed by atoms with E-state index in [4.69, 9.17) is 4.98 Å². The topological polar surface area (TPSA) is 28.7 Å². The van der Waals surface area contributed by atoms with Crippen molar-refractivity contribution in [3.63, 3.8) is 0 Å². The van der Waals surface area contributed by atoms with Gasteiger partial charge in [-0.1, -0.05) is 103 Å². The maximum atomic E-state index is 5.00. The van der Waals surface area contributed by atoms with Gasteiger partial charge in [0, 0.05) is 22.4 Å². The lowest BCUT2D eigenvalue weighted by Gasteiger charge is -2.24. The summed E-state index contributed by atoms with van der Waals surface area (Å²) in [4.78, 5) is 8.63. The zero-order valence-corrected chi connectivity index (χ0v) is 21.3. The number of hydrogen-bond donors (Lipinski definition) is 1. The van der Waals surface area contributed by atoms with Crippen molar-refractivity contribution in [2.75, 3.05) is 0 Å². The third-order valence-corrected chi connectivity index (χ3v) is 6.34. The number of nitrogens with one attached hydrogen (secondary N) is 1. The molecule has 0 aliphatic carbocycles. The molecule has 0 amide bonds. The molecule has 0 spiro atoms. The monoisotopic (exact) mass is 427 g/mol. The molecule has 1 heterocycles. The summed E-state index contributed by atoms with van der Waals surface area (Å²) in [5, 5.41) is 0. The van der Waals surface area contributed by atoms with Crippen LogP contribution in [0.15, 0.2) is 48.5 Å². The van der Waals surface area contributed by atoms with E-state index in [2.05, 4.69) is 116 Å². The van der Waals surface area contributed by atoms with Crippen LogP contribution in [0.25, 0.3) is 0 Å². The SMILES string of the molecule is Cc1ccccc1C(CCC[B]c1nc(C(C)(C)C)c(C(C)(C)C)[nH]1)c1ccccc1C. The zero-order chi connectivity index (χ0) is 23.5. The van der Waals surface area contributed by atoms with Crippen molar-refractivity contribution >= 4 is 13.0 Å². The van der Waals surface area contributed by atoms with Crippen molar-refractivity contribution in [2.24, 2.45) is 0 Å². The average molecular weight is 427 g/mol. The fourth-order valence-corrected chi connectivity index (χ4v) is 4.57. The summed E-state index contributed by atoms with van der Waals surface area (Å²) in [6.45, 7) is 18.0. The predicted molar refractivity (Wildman–Crippen MR) is 140 cm³/mol. The van der Waals surface area contributed by atoms with E-state index in [1.54, 1.807) is 0 Å². The van der Waals surface area contributed by atoms with Gasteiger partial charge in [-0.05, 0) is 42.5 Å². The molecule has 1 radical (unpaired) electrons. The molecule has 1 aromatic heterocycles. The Morgan fingerprint density at radius 2 is 1.34 bits per heavy atom. The molecule has 169 valence electrons. The van der Waals surface area contributed by atoms with E-state index in [1.807, 2.05) is 0 Å². The van der Waals surface area contributed by atoms with Gasteiger partial charge in [0.05, 0.1) is 11.4 Å².